The summed E-state index contributed by atoms with van der Waals surface area (Å²) in [4.78, 5) is 25.9. The average molecular weight is 409 g/mol. The minimum Gasteiger partial charge on any atom is -0.491 e. The number of ether oxygens (including phenoxy) is 1. The minimum absolute atomic E-state index is 0.0221. The second kappa shape index (κ2) is 7.33. The van der Waals surface area contributed by atoms with Gasteiger partial charge in [0.15, 0.2) is 0 Å². The predicted molar refractivity (Wildman–Crippen MR) is 98.0 cm³/mol. The van der Waals surface area contributed by atoms with Crippen LogP contribution in [0.3, 0.4) is 0 Å². The number of nitrogens with zero attached hydrogens (tertiary/aromatic N) is 3. The van der Waals surface area contributed by atoms with E-state index in [2.05, 4.69) is 10.6 Å². The lowest BCUT2D eigenvalue weighted by Gasteiger charge is -2.29. The number of rotatable bonds is 3. The van der Waals surface area contributed by atoms with Gasteiger partial charge in [0.25, 0.3) is 0 Å². The molecule has 2 aromatic rings. The van der Waals surface area contributed by atoms with Gasteiger partial charge in [-0.05, 0) is 24.3 Å². The molecule has 0 unspecified atom stereocenters. The van der Waals surface area contributed by atoms with E-state index >= 15 is 0 Å². The normalized spacial score (nSPS) is 16.5. The fraction of sp³-hybridized carbons (Fsp3) is 0.200. The second-order valence-electron chi connectivity index (χ2n) is 6.76. The van der Waals surface area contributed by atoms with E-state index in [0.717, 1.165) is 17.0 Å². The van der Waals surface area contributed by atoms with Gasteiger partial charge in [-0.15, -0.1) is 0 Å². The average Bonchev–Trinajstić information content (AvgIpc) is 3.12. The molecule has 3 amide bonds. The molecule has 0 aromatic heterocycles. The quantitative estimate of drug-likeness (QED) is 0.807. The predicted octanol–water partition coefficient (Wildman–Crippen LogP) is 2.31. The Hall–Kier alpha value is -4.18. The van der Waals surface area contributed by atoms with E-state index in [0.29, 0.717) is 5.69 Å². The molecule has 2 aliphatic rings. The van der Waals surface area contributed by atoms with Crippen molar-refractivity contribution in [2.24, 2.45) is 0 Å². The summed E-state index contributed by atoms with van der Waals surface area (Å²) in [5.74, 6) is -1.81. The Balaban J connectivity index is 1.49. The molecule has 0 bridgehead atoms. The maximum absolute atomic E-state index is 14.3. The van der Waals surface area contributed by atoms with Gasteiger partial charge in [-0.3, -0.25) is 4.79 Å². The van der Waals surface area contributed by atoms with E-state index in [1.54, 1.807) is 6.07 Å². The highest BCUT2D eigenvalue weighted by Crippen LogP contribution is 2.35. The van der Waals surface area contributed by atoms with Crippen molar-refractivity contribution in [2.75, 3.05) is 18.5 Å². The Kier molecular flexibility index (Phi) is 4.68. The smallest absolute Gasteiger partial charge is 0.322 e. The summed E-state index contributed by atoms with van der Waals surface area (Å²) < 4.78 is 33.5. The lowest BCUT2D eigenvalue weighted by molar-refractivity contribution is -0.122. The van der Waals surface area contributed by atoms with Crippen molar-refractivity contribution >= 4 is 17.6 Å². The first-order chi connectivity index (χ1) is 14.4. The van der Waals surface area contributed by atoms with Gasteiger partial charge in [-0.2, -0.15) is 10.5 Å². The number of anilines is 1. The summed E-state index contributed by atoms with van der Waals surface area (Å²) >= 11 is 0. The van der Waals surface area contributed by atoms with Gasteiger partial charge in [-0.1, -0.05) is 0 Å². The van der Waals surface area contributed by atoms with Gasteiger partial charge in [0.05, 0.1) is 35.3 Å². The van der Waals surface area contributed by atoms with Crippen LogP contribution in [0.4, 0.5) is 19.3 Å². The molecular formula is C20H13F2N5O3. The summed E-state index contributed by atoms with van der Waals surface area (Å²) in [7, 11) is 0. The maximum atomic E-state index is 14.3. The van der Waals surface area contributed by atoms with Gasteiger partial charge in [0, 0.05) is 11.3 Å². The Bertz CT molecular complexity index is 1170. The van der Waals surface area contributed by atoms with Gasteiger partial charge < -0.3 is 20.3 Å². The monoisotopic (exact) mass is 409 g/mol. The lowest BCUT2D eigenvalue weighted by Crippen LogP contribution is -2.45. The van der Waals surface area contributed by atoms with Crippen LogP contribution in [-0.2, 0) is 11.3 Å². The standard InChI is InChI=1S/C20H13F2N5O3/c21-13-1-2-15-12(11(13)6-24)7-27(20(29)26-15)8-18(28)25-16-9-30-17-4-10(5-23)3-14(22)19(16)17/h1-4,16H,7-9H2,(H,25,28)(H,26,29)/t16-/m1/s1. The van der Waals surface area contributed by atoms with E-state index < -0.39 is 36.2 Å². The van der Waals surface area contributed by atoms with Crippen LogP contribution in [0.5, 0.6) is 5.75 Å². The number of hydrogen-bond donors (Lipinski definition) is 2. The van der Waals surface area contributed by atoms with Crippen LogP contribution in [0.1, 0.15) is 28.3 Å². The molecule has 0 radical (unpaired) electrons. The molecule has 10 heteroatoms. The SMILES string of the molecule is N#Cc1cc(F)c2c(c1)OC[C@H]2NC(=O)CN1Cc2c(ccc(F)c2C#N)NC1=O. The molecule has 2 aromatic carbocycles. The zero-order valence-electron chi connectivity index (χ0n) is 15.3. The lowest BCUT2D eigenvalue weighted by atomic mass is 10.0. The number of carbonyl (C=O) groups is 2. The van der Waals surface area contributed by atoms with Gasteiger partial charge >= 0.3 is 6.03 Å². The molecule has 2 aliphatic heterocycles. The summed E-state index contributed by atoms with van der Waals surface area (Å²) in [6.45, 7) is -0.547. The summed E-state index contributed by atoms with van der Waals surface area (Å²) in [6.07, 6.45) is 0. The number of hydrogen-bond acceptors (Lipinski definition) is 5. The van der Waals surface area contributed by atoms with Crippen molar-refractivity contribution in [3.63, 3.8) is 0 Å². The van der Waals surface area contributed by atoms with Crippen molar-refractivity contribution in [3.05, 3.63) is 58.2 Å². The van der Waals surface area contributed by atoms with E-state index in [4.69, 9.17) is 10.00 Å². The highest BCUT2D eigenvalue weighted by molar-refractivity contribution is 5.95. The molecule has 0 aliphatic carbocycles. The Morgan fingerprint density at radius 3 is 2.80 bits per heavy atom. The number of nitriles is 2. The number of fused-ring (bicyclic) bond motifs is 2. The first-order valence-electron chi connectivity index (χ1n) is 8.84. The van der Waals surface area contributed by atoms with Crippen LogP contribution in [0.15, 0.2) is 24.3 Å². The van der Waals surface area contributed by atoms with E-state index in [-0.39, 0.29) is 41.2 Å². The largest absolute Gasteiger partial charge is 0.491 e. The molecule has 150 valence electrons. The summed E-state index contributed by atoms with van der Waals surface area (Å²) in [6, 6.07) is 7.10. The fourth-order valence-electron chi connectivity index (χ4n) is 3.50. The highest BCUT2D eigenvalue weighted by atomic mass is 19.1. The molecule has 2 heterocycles. The third-order valence-electron chi connectivity index (χ3n) is 4.90. The van der Waals surface area contributed by atoms with Crippen molar-refractivity contribution < 1.29 is 23.1 Å². The molecule has 1 atom stereocenters. The molecule has 0 fully saturated rings. The van der Waals surface area contributed by atoms with E-state index in [1.165, 1.54) is 12.1 Å². The number of urea groups is 1. The number of halogens is 2. The molecular weight excluding hydrogens is 396 g/mol. The summed E-state index contributed by atoms with van der Waals surface area (Å²) in [5, 5.41) is 23.2. The zero-order chi connectivity index (χ0) is 21.4. The van der Waals surface area contributed by atoms with Crippen LogP contribution < -0.4 is 15.4 Å². The zero-order valence-corrected chi connectivity index (χ0v) is 15.3. The molecule has 0 saturated heterocycles. The third-order valence-corrected chi connectivity index (χ3v) is 4.90. The van der Waals surface area contributed by atoms with Gasteiger partial charge in [-0.25, -0.2) is 13.6 Å². The van der Waals surface area contributed by atoms with E-state index in [9.17, 15) is 23.6 Å². The molecule has 0 saturated carbocycles. The van der Waals surface area contributed by atoms with Crippen molar-refractivity contribution in [3.8, 4) is 17.9 Å². The topological polar surface area (TPSA) is 118 Å². The van der Waals surface area contributed by atoms with Crippen LogP contribution in [0.2, 0.25) is 0 Å². The van der Waals surface area contributed by atoms with Crippen LogP contribution in [0.25, 0.3) is 0 Å². The van der Waals surface area contributed by atoms with Crippen molar-refractivity contribution in [1.82, 2.24) is 10.2 Å². The van der Waals surface area contributed by atoms with E-state index in [1.807, 2.05) is 6.07 Å². The number of nitrogens with one attached hydrogen (secondary N) is 2. The summed E-state index contributed by atoms with van der Waals surface area (Å²) in [5.41, 5.74) is 0.607. The molecule has 0 spiro atoms. The maximum Gasteiger partial charge on any atom is 0.322 e. The number of benzene rings is 2. The van der Waals surface area contributed by atoms with Gasteiger partial charge in [0.2, 0.25) is 5.91 Å². The van der Waals surface area contributed by atoms with Crippen LogP contribution in [-0.4, -0.2) is 30.0 Å². The number of carbonyl (C=O) groups excluding carboxylic acids is 2. The highest BCUT2D eigenvalue weighted by Gasteiger charge is 2.32. The Morgan fingerprint density at radius 2 is 2.07 bits per heavy atom. The van der Waals surface area contributed by atoms with Crippen LogP contribution >= 0.6 is 0 Å². The third kappa shape index (κ3) is 3.25. The molecule has 4 rings (SSSR count). The first kappa shape index (κ1) is 19.2. The van der Waals surface area contributed by atoms with Crippen molar-refractivity contribution in [1.29, 1.82) is 10.5 Å². The Labute approximate surface area is 169 Å². The fourth-order valence-corrected chi connectivity index (χ4v) is 3.50. The Morgan fingerprint density at radius 1 is 1.27 bits per heavy atom. The molecule has 2 N–H and O–H groups in total. The minimum atomic E-state index is -0.785. The van der Waals surface area contributed by atoms with Crippen molar-refractivity contribution in [2.45, 2.75) is 12.6 Å². The number of amides is 3. The van der Waals surface area contributed by atoms with Gasteiger partial charge in [0.1, 0.15) is 36.6 Å². The second-order valence-corrected chi connectivity index (χ2v) is 6.76. The first-order valence-corrected chi connectivity index (χ1v) is 8.84. The molecule has 30 heavy (non-hydrogen) atoms. The molecule has 8 nitrogen and oxygen atoms in total. The van der Waals surface area contributed by atoms with Crippen LogP contribution in [0, 0.1) is 34.3 Å².